The average Bonchev–Trinajstić information content (AvgIpc) is 2.56. The molecule has 0 spiro atoms. The molecule has 0 bridgehead atoms. The lowest BCUT2D eigenvalue weighted by Crippen LogP contribution is -2.35. The van der Waals surface area contributed by atoms with E-state index >= 15 is 0 Å². The summed E-state index contributed by atoms with van der Waals surface area (Å²) in [5.74, 6) is 0.0922. The first kappa shape index (κ1) is 25.4. The van der Waals surface area contributed by atoms with Gasteiger partial charge in [-0.05, 0) is 27.2 Å². The summed E-state index contributed by atoms with van der Waals surface area (Å²) in [6.45, 7) is 8.17. The molecule has 156 valence electrons. The van der Waals surface area contributed by atoms with Crippen molar-refractivity contribution in [2.24, 2.45) is 0 Å². The summed E-state index contributed by atoms with van der Waals surface area (Å²) in [7, 11) is 1.72. The summed E-state index contributed by atoms with van der Waals surface area (Å²) < 4.78 is 0. The van der Waals surface area contributed by atoms with Crippen LogP contribution in [0.15, 0.2) is 0 Å². The van der Waals surface area contributed by atoms with Gasteiger partial charge in [0.25, 0.3) is 0 Å². The number of hydroxylamine groups is 2. The van der Waals surface area contributed by atoms with Crippen LogP contribution in [0.4, 0.5) is 0 Å². The van der Waals surface area contributed by atoms with Crippen LogP contribution in [0.1, 0.15) is 130 Å². The third-order valence-corrected chi connectivity index (χ3v) is 4.76. The molecule has 0 aromatic carbocycles. The molecule has 0 radical (unpaired) electrons. The van der Waals surface area contributed by atoms with E-state index in [2.05, 4.69) is 6.92 Å². The number of amides is 1. The summed E-state index contributed by atoms with van der Waals surface area (Å²) in [4.78, 5) is 17.5. The van der Waals surface area contributed by atoms with Gasteiger partial charge < -0.3 is 0 Å². The van der Waals surface area contributed by atoms with Crippen LogP contribution in [0.2, 0.25) is 0 Å². The van der Waals surface area contributed by atoms with Gasteiger partial charge in [-0.25, -0.2) is 5.06 Å². The Morgan fingerprint density at radius 3 is 1.38 bits per heavy atom. The van der Waals surface area contributed by atoms with Gasteiger partial charge in [0.05, 0.1) is 5.60 Å². The van der Waals surface area contributed by atoms with Gasteiger partial charge in [-0.3, -0.25) is 9.63 Å². The minimum absolute atomic E-state index is 0.0922. The van der Waals surface area contributed by atoms with E-state index in [-0.39, 0.29) is 11.5 Å². The van der Waals surface area contributed by atoms with Gasteiger partial charge >= 0.3 is 0 Å². The van der Waals surface area contributed by atoms with E-state index in [9.17, 15) is 4.79 Å². The van der Waals surface area contributed by atoms with Crippen LogP contribution in [-0.2, 0) is 9.63 Å². The standard InChI is InChI=1S/C23H47NO2/c1-6-7-8-9-10-11-12-13-14-15-16-17-18-19-20-21-22(25)24(5)26-23(2,3)4/h6-21H2,1-5H3. The molecule has 0 aromatic rings. The second-order valence-electron chi connectivity index (χ2n) is 8.79. The van der Waals surface area contributed by atoms with Gasteiger partial charge in [0.15, 0.2) is 0 Å². The highest BCUT2D eigenvalue weighted by Crippen LogP contribution is 2.14. The Balaban J connectivity index is 3.28. The highest BCUT2D eigenvalue weighted by molar-refractivity contribution is 5.74. The Kier molecular flexibility index (Phi) is 16.2. The Morgan fingerprint density at radius 2 is 1.04 bits per heavy atom. The van der Waals surface area contributed by atoms with Crippen molar-refractivity contribution in [1.82, 2.24) is 5.06 Å². The second-order valence-corrected chi connectivity index (χ2v) is 8.79. The fraction of sp³-hybridized carbons (Fsp3) is 0.957. The van der Waals surface area contributed by atoms with Gasteiger partial charge in [-0.1, -0.05) is 96.8 Å². The van der Waals surface area contributed by atoms with E-state index in [4.69, 9.17) is 4.84 Å². The summed E-state index contributed by atoms with van der Waals surface area (Å²) in [6.07, 6.45) is 20.8. The predicted octanol–water partition coefficient (Wildman–Crippen LogP) is 7.44. The minimum Gasteiger partial charge on any atom is -0.273 e. The van der Waals surface area contributed by atoms with Gasteiger partial charge in [-0.2, -0.15) is 0 Å². The third kappa shape index (κ3) is 18.2. The van der Waals surface area contributed by atoms with Crippen LogP contribution < -0.4 is 0 Å². The highest BCUT2D eigenvalue weighted by atomic mass is 16.7. The van der Waals surface area contributed by atoms with Crippen molar-refractivity contribution in [1.29, 1.82) is 0 Å². The summed E-state index contributed by atoms with van der Waals surface area (Å²) in [6, 6.07) is 0. The number of carbonyl (C=O) groups excluding carboxylic acids is 1. The molecule has 0 aliphatic carbocycles. The topological polar surface area (TPSA) is 29.5 Å². The zero-order valence-corrected chi connectivity index (χ0v) is 18.6. The molecule has 0 heterocycles. The number of nitrogens with zero attached hydrogens (tertiary/aromatic N) is 1. The van der Waals surface area contributed by atoms with E-state index in [0.717, 1.165) is 12.8 Å². The molecular formula is C23H47NO2. The molecule has 1 amide bonds. The third-order valence-electron chi connectivity index (χ3n) is 4.76. The molecule has 0 aromatic heterocycles. The molecule has 3 nitrogen and oxygen atoms in total. The first-order valence-electron chi connectivity index (χ1n) is 11.3. The van der Waals surface area contributed by atoms with E-state index in [0.29, 0.717) is 6.42 Å². The number of rotatable bonds is 17. The van der Waals surface area contributed by atoms with E-state index in [1.165, 1.54) is 88.5 Å². The van der Waals surface area contributed by atoms with Crippen molar-refractivity contribution in [2.75, 3.05) is 7.05 Å². The Hall–Kier alpha value is -0.570. The van der Waals surface area contributed by atoms with Crippen LogP contribution in [-0.4, -0.2) is 23.6 Å². The Bertz CT molecular complexity index is 323. The maximum Gasteiger partial charge on any atom is 0.245 e. The molecular weight excluding hydrogens is 322 g/mol. The van der Waals surface area contributed by atoms with Crippen LogP contribution in [0.3, 0.4) is 0 Å². The molecule has 0 atom stereocenters. The van der Waals surface area contributed by atoms with Crippen LogP contribution in [0.25, 0.3) is 0 Å². The molecule has 0 saturated heterocycles. The molecule has 0 saturated carbocycles. The lowest BCUT2D eigenvalue weighted by molar-refractivity contribution is -0.216. The molecule has 0 unspecified atom stereocenters. The lowest BCUT2D eigenvalue weighted by Gasteiger charge is -2.26. The van der Waals surface area contributed by atoms with Gasteiger partial charge in [0, 0.05) is 13.5 Å². The van der Waals surface area contributed by atoms with Crippen LogP contribution in [0, 0.1) is 0 Å². The Labute approximate surface area is 164 Å². The highest BCUT2D eigenvalue weighted by Gasteiger charge is 2.17. The minimum atomic E-state index is -0.306. The molecule has 0 N–H and O–H groups in total. The van der Waals surface area contributed by atoms with E-state index < -0.39 is 0 Å². The fourth-order valence-corrected chi connectivity index (χ4v) is 3.27. The first-order chi connectivity index (χ1) is 12.4. The van der Waals surface area contributed by atoms with Crippen molar-refractivity contribution in [3.8, 4) is 0 Å². The summed E-state index contributed by atoms with van der Waals surface area (Å²) in [5, 5.41) is 1.41. The van der Waals surface area contributed by atoms with Crippen LogP contribution in [0.5, 0.6) is 0 Å². The zero-order valence-electron chi connectivity index (χ0n) is 18.6. The molecule has 3 heteroatoms. The molecule has 0 rings (SSSR count). The Morgan fingerprint density at radius 1 is 0.692 bits per heavy atom. The maximum absolute atomic E-state index is 12.0. The monoisotopic (exact) mass is 369 g/mol. The first-order valence-corrected chi connectivity index (χ1v) is 11.3. The van der Waals surface area contributed by atoms with Crippen molar-refractivity contribution < 1.29 is 9.63 Å². The van der Waals surface area contributed by atoms with Crippen LogP contribution >= 0.6 is 0 Å². The second kappa shape index (κ2) is 16.6. The van der Waals surface area contributed by atoms with E-state index in [1.54, 1.807) is 7.05 Å². The number of hydrogen-bond acceptors (Lipinski definition) is 2. The lowest BCUT2D eigenvalue weighted by atomic mass is 10.0. The summed E-state index contributed by atoms with van der Waals surface area (Å²) >= 11 is 0. The number of carbonyl (C=O) groups is 1. The molecule has 0 fully saturated rings. The van der Waals surface area contributed by atoms with E-state index in [1.807, 2.05) is 20.8 Å². The van der Waals surface area contributed by atoms with Crippen molar-refractivity contribution in [2.45, 2.75) is 136 Å². The van der Waals surface area contributed by atoms with Gasteiger partial charge in [-0.15, -0.1) is 0 Å². The largest absolute Gasteiger partial charge is 0.273 e. The molecule has 0 aliphatic heterocycles. The SMILES string of the molecule is CCCCCCCCCCCCCCCCCC(=O)N(C)OC(C)(C)C. The molecule has 26 heavy (non-hydrogen) atoms. The smallest absolute Gasteiger partial charge is 0.245 e. The van der Waals surface area contributed by atoms with Crippen molar-refractivity contribution in [3.63, 3.8) is 0 Å². The van der Waals surface area contributed by atoms with Gasteiger partial charge in [0.1, 0.15) is 0 Å². The zero-order chi connectivity index (χ0) is 19.7. The van der Waals surface area contributed by atoms with Crippen molar-refractivity contribution in [3.05, 3.63) is 0 Å². The quantitative estimate of drug-likeness (QED) is 0.197. The fourth-order valence-electron chi connectivity index (χ4n) is 3.27. The predicted molar refractivity (Wildman–Crippen MR) is 113 cm³/mol. The average molecular weight is 370 g/mol. The maximum atomic E-state index is 12.0. The normalized spacial score (nSPS) is 11.7. The number of unbranched alkanes of at least 4 members (excludes halogenated alkanes) is 14. The van der Waals surface area contributed by atoms with Crippen molar-refractivity contribution >= 4 is 5.91 Å². The summed E-state index contributed by atoms with van der Waals surface area (Å²) in [5.41, 5.74) is -0.306. The molecule has 0 aliphatic rings. The van der Waals surface area contributed by atoms with Gasteiger partial charge in [0.2, 0.25) is 5.91 Å². The number of hydrogen-bond donors (Lipinski definition) is 0.